The van der Waals surface area contributed by atoms with E-state index in [1.54, 1.807) is 25.8 Å². The van der Waals surface area contributed by atoms with Gasteiger partial charge in [0.1, 0.15) is 11.4 Å². The second kappa shape index (κ2) is 6.97. The molecule has 0 aromatic heterocycles. The van der Waals surface area contributed by atoms with Gasteiger partial charge in [-0.3, -0.25) is 9.69 Å². The predicted molar refractivity (Wildman–Crippen MR) is 88.7 cm³/mol. The molecule has 1 N–H and O–H groups in total. The lowest BCUT2D eigenvalue weighted by molar-refractivity contribution is -0.152. The van der Waals surface area contributed by atoms with Crippen LogP contribution < -0.4 is 0 Å². The molecule has 24 heavy (non-hydrogen) atoms. The number of nitrogens with zero attached hydrogens (tertiary/aromatic N) is 3. The average molecular weight is 361 g/mol. The third-order valence-electron chi connectivity index (χ3n) is 5.07. The lowest BCUT2D eigenvalue weighted by Crippen LogP contribution is -2.54. The molecule has 8 nitrogen and oxygen atoms in total. The van der Waals surface area contributed by atoms with Crippen molar-refractivity contribution in [2.45, 2.75) is 38.1 Å². The van der Waals surface area contributed by atoms with E-state index in [0.29, 0.717) is 19.4 Å². The van der Waals surface area contributed by atoms with Gasteiger partial charge in [0, 0.05) is 26.7 Å². The van der Waals surface area contributed by atoms with Crippen LogP contribution in [0.1, 0.15) is 26.7 Å². The van der Waals surface area contributed by atoms with Crippen LogP contribution in [0.15, 0.2) is 0 Å². The van der Waals surface area contributed by atoms with E-state index in [9.17, 15) is 23.1 Å². The van der Waals surface area contributed by atoms with Gasteiger partial charge in [0.05, 0.1) is 5.92 Å². The van der Waals surface area contributed by atoms with Gasteiger partial charge < -0.3 is 10.0 Å². The van der Waals surface area contributed by atoms with E-state index in [2.05, 4.69) is 0 Å². The molecule has 9 heteroatoms. The molecule has 0 spiro atoms. The Morgan fingerprint density at radius 1 is 1.21 bits per heavy atom. The van der Waals surface area contributed by atoms with E-state index in [4.69, 9.17) is 0 Å². The van der Waals surface area contributed by atoms with E-state index in [1.807, 2.05) is 0 Å². The first-order valence-electron chi connectivity index (χ1n) is 8.26. The summed E-state index contributed by atoms with van der Waals surface area (Å²) in [4.78, 5) is 27.0. The topological polar surface area (TPSA) is 98.2 Å². The van der Waals surface area contributed by atoms with Gasteiger partial charge in [-0.15, -0.1) is 0 Å². The van der Waals surface area contributed by atoms with Crippen LogP contribution in [0.2, 0.25) is 0 Å². The highest BCUT2D eigenvalue weighted by Gasteiger charge is 2.45. The summed E-state index contributed by atoms with van der Waals surface area (Å²) in [6.07, 6.45) is 1.05. The molecule has 0 radical (unpaired) electrons. The quantitative estimate of drug-likeness (QED) is 0.707. The maximum absolute atomic E-state index is 12.6. The van der Waals surface area contributed by atoms with Gasteiger partial charge >= 0.3 is 5.97 Å². The molecule has 1 unspecified atom stereocenters. The van der Waals surface area contributed by atoms with Crippen molar-refractivity contribution in [3.63, 3.8) is 0 Å². The minimum atomic E-state index is -3.42. The van der Waals surface area contributed by atoms with E-state index in [-0.39, 0.29) is 18.4 Å². The minimum Gasteiger partial charge on any atom is -0.480 e. The predicted octanol–water partition coefficient (Wildman–Crippen LogP) is -0.133. The van der Waals surface area contributed by atoms with Gasteiger partial charge in [0.25, 0.3) is 0 Å². The van der Waals surface area contributed by atoms with Crippen LogP contribution in [0.25, 0.3) is 0 Å². The summed E-state index contributed by atoms with van der Waals surface area (Å²) in [5.41, 5.74) is 0. The fourth-order valence-electron chi connectivity index (χ4n) is 3.53. The van der Waals surface area contributed by atoms with Crippen LogP contribution in [0.3, 0.4) is 0 Å². The van der Waals surface area contributed by atoms with Crippen molar-refractivity contribution in [2.75, 3.05) is 33.7 Å². The summed E-state index contributed by atoms with van der Waals surface area (Å²) in [6, 6.07) is -0.902. The third kappa shape index (κ3) is 3.43. The van der Waals surface area contributed by atoms with Gasteiger partial charge in [-0.2, -0.15) is 4.31 Å². The Morgan fingerprint density at radius 3 is 2.25 bits per heavy atom. The standard InChI is InChI=1S/C15H27N3O5S/c1-10(2)13(15(20)21)17(4)14(19)11-5-8-18(9-11)24(22,23)12-6-7-16(12)3/h10-13H,5-9H2,1-4H3,(H,20,21)/t11-,12+,13?/m0/s1. The molecule has 2 heterocycles. The number of sulfonamides is 1. The first-order valence-corrected chi connectivity index (χ1v) is 9.76. The second-order valence-corrected chi connectivity index (χ2v) is 9.18. The number of carboxylic acid groups (broad SMARTS) is 1. The molecule has 0 aromatic rings. The Balaban J connectivity index is 2.04. The highest BCUT2D eigenvalue weighted by Crippen LogP contribution is 2.29. The van der Waals surface area contributed by atoms with Crippen LogP contribution in [-0.4, -0.2) is 84.7 Å². The molecule has 2 rings (SSSR count). The second-order valence-electron chi connectivity index (χ2n) is 7.09. The molecule has 0 aromatic carbocycles. The number of likely N-dealkylation sites (N-methyl/N-ethyl adjacent to an activating group) is 1. The first kappa shape index (κ1) is 19.1. The van der Waals surface area contributed by atoms with Gasteiger partial charge in [-0.1, -0.05) is 13.8 Å². The van der Waals surface area contributed by atoms with Gasteiger partial charge in [-0.05, 0) is 25.8 Å². The Morgan fingerprint density at radius 2 is 1.83 bits per heavy atom. The van der Waals surface area contributed by atoms with E-state index < -0.39 is 33.3 Å². The molecular formula is C15H27N3O5S. The van der Waals surface area contributed by atoms with Gasteiger partial charge in [0.2, 0.25) is 15.9 Å². The Bertz CT molecular complexity index is 606. The minimum absolute atomic E-state index is 0.139. The number of hydrogen-bond acceptors (Lipinski definition) is 5. The molecular weight excluding hydrogens is 334 g/mol. The summed E-state index contributed by atoms with van der Waals surface area (Å²) in [6.45, 7) is 4.72. The number of carbonyl (C=O) groups excluding carboxylic acids is 1. The van der Waals surface area contributed by atoms with Crippen LogP contribution in [0, 0.1) is 11.8 Å². The van der Waals surface area contributed by atoms with Crippen molar-refractivity contribution in [1.82, 2.24) is 14.1 Å². The van der Waals surface area contributed by atoms with Crippen molar-refractivity contribution < 1.29 is 23.1 Å². The maximum atomic E-state index is 12.6. The molecule has 2 saturated heterocycles. The molecule has 2 aliphatic rings. The number of rotatable bonds is 6. The monoisotopic (exact) mass is 361 g/mol. The fourth-order valence-corrected chi connectivity index (χ4v) is 5.58. The number of carbonyl (C=O) groups is 2. The summed E-state index contributed by atoms with van der Waals surface area (Å²) in [5.74, 6) is -2.03. The van der Waals surface area contributed by atoms with Crippen LogP contribution in [0.4, 0.5) is 0 Å². The maximum Gasteiger partial charge on any atom is 0.326 e. The van der Waals surface area contributed by atoms with Crippen molar-refractivity contribution in [3.05, 3.63) is 0 Å². The van der Waals surface area contributed by atoms with Gasteiger partial charge in [-0.25, -0.2) is 13.2 Å². The van der Waals surface area contributed by atoms with Crippen LogP contribution in [-0.2, 0) is 19.6 Å². The Kier molecular flexibility index (Phi) is 5.56. The van der Waals surface area contributed by atoms with Gasteiger partial charge in [0.15, 0.2) is 0 Å². The fraction of sp³-hybridized carbons (Fsp3) is 0.867. The lowest BCUT2D eigenvalue weighted by atomic mass is 10.0. The molecule has 0 aliphatic carbocycles. The van der Waals surface area contributed by atoms with E-state index >= 15 is 0 Å². The number of aliphatic carboxylic acids is 1. The summed E-state index contributed by atoms with van der Waals surface area (Å²) < 4.78 is 26.5. The van der Waals surface area contributed by atoms with Crippen LogP contribution >= 0.6 is 0 Å². The average Bonchev–Trinajstić information content (AvgIpc) is 2.93. The number of likely N-dealkylation sites (tertiary alicyclic amines) is 1. The molecule has 138 valence electrons. The van der Waals surface area contributed by atoms with Crippen molar-refractivity contribution in [1.29, 1.82) is 0 Å². The molecule has 3 atom stereocenters. The number of carboxylic acids is 1. The molecule has 0 bridgehead atoms. The summed E-state index contributed by atoms with van der Waals surface area (Å²) >= 11 is 0. The van der Waals surface area contributed by atoms with Crippen molar-refractivity contribution in [3.8, 4) is 0 Å². The highest BCUT2D eigenvalue weighted by atomic mass is 32.2. The van der Waals surface area contributed by atoms with Crippen LogP contribution in [0.5, 0.6) is 0 Å². The zero-order valence-electron chi connectivity index (χ0n) is 14.7. The van der Waals surface area contributed by atoms with E-state index in [1.165, 1.54) is 16.3 Å². The zero-order valence-corrected chi connectivity index (χ0v) is 15.5. The van der Waals surface area contributed by atoms with Crippen molar-refractivity contribution >= 4 is 21.9 Å². The smallest absolute Gasteiger partial charge is 0.326 e. The number of hydrogen-bond donors (Lipinski definition) is 1. The third-order valence-corrected chi connectivity index (χ3v) is 7.41. The Hall–Kier alpha value is -1.19. The zero-order chi connectivity index (χ0) is 18.2. The molecule has 0 saturated carbocycles. The highest BCUT2D eigenvalue weighted by molar-refractivity contribution is 7.89. The number of amides is 1. The molecule has 2 fully saturated rings. The summed E-state index contributed by atoms with van der Waals surface area (Å²) in [7, 11) is -0.164. The summed E-state index contributed by atoms with van der Waals surface area (Å²) in [5, 5.41) is 8.83. The van der Waals surface area contributed by atoms with E-state index in [0.717, 1.165) is 6.54 Å². The first-order chi connectivity index (χ1) is 11.1. The molecule has 2 aliphatic heterocycles. The molecule has 1 amide bonds. The Labute approximate surface area is 143 Å². The largest absolute Gasteiger partial charge is 0.480 e. The van der Waals surface area contributed by atoms with Crippen molar-refractivity contribution in [2.24, 2.45) is 11.8 Å². The SMILES string of the molecule is CC(C)C(C(=O)O)N(C)C(=O)[C@H]1CCN(S(=O)(=O)[C@@H]2CCN2C)C1. The lowest BCUT2D eigenvalue weighted by Gasteiger charge is -2.39. The normalized spacial score (nSPS) is 27.0.